The van der Waals surface area contributed by atoms with Crippen LogP contribution < -0.4 is 28.4 Å². The van der Waals surface area contributed by atoms with Gasteiger partial charge in [0.15, 0.2) is 69.0 Å². The number of nitrogens with zero attached hydrogens (tertiary/aromatic N) is 6. The van der Waals surface area contributed by atoms with Gasteiger partial charge in [-0.3, -0.25) is 4.90 Å². The van der Waals surface area contributed by atoms with Crippen molar-refractivity contribution in [1.29, 1.82) is 0 Å². The third-order valence-corrected chi connectivity index (χ3v) is 40.1. The van der Waals surface area contributed by atoms with Gasteiger partial charge in [0.2, 0.25) is 0 Å². The Labute approximate surface area is 880 Å². The van der Waals surface area contributed by atoms with Crippen LogP contribution in [0.3, 0.4) is 0 Å². The molecule has 0 saturated carbocycles. The Bertz CT molecular complexity index is 6190. The quantitative estimate of drug-likeness (QED) is 0.0494. The number of rotatable bonds is 17. The van der Waals surface area contributed by atoms with Crippen molar-refractivity contribution in [2.24, 2.45) is 35.5 Å². The summed E-state index contributed by atoms with van der Waals surface area (Å²) in [5.41, 5.74) is 12.0. The molecule has 12 bridgehead atoms. The van der Waals surface area contributed by atoms with Crippen molar-refractivity contribution in [3.05, 3.63) is 210 Å². The molecule has 22 atom stereocenters. The molecule has 0 amide bonds. The second-order valence-corrected chi connectivity index (χ2v) is 45.3. The third-order valence-electron chi connectivity index (χ3n) is 40.1. The van der Waals surface area contributed by atoms with Crippen LogP contribution in [0.15, 0.2) is 143 Å². The fourth-order valence-electron chi connectivity index (χ4n) is 33.1. The highest BCUT2D eigenvalue weighted by atomic mass is 16.6. The molecule has 0 spiro atoms. The van der Waals surface area contributed by atoms with Crippen LogP contribution in [0.2, 0.25) is 0 Å². The fraction of sp³-hybridized carbons (Fsp3) is 0.600. The molecule has 0 radical (unpaired) electrons. The van der Waals surface area contributed by atoms with Crippen LogP contribution in [0.1, 0.15) is 164 Å². The molecule has 16 unspecified atom stereocenters. The van der Waals surface area contributed by atoms with Crippen LogP contribution in [0, 0.1) is 35.5 Å². The lowest BCUT2D eigenvalue weighted by molar-refractivity contribution is -0.154. The van der Waals surface area contributed by atoms with Crippen molar-refractivity contribution in [1.82, 2.24) is 29.4 Å². The lowest BCUT2D eigenvalue weighted by Gasteiger charge is -2.63. The summed E-state index contributed by atoms with van der Waals surface area (Å²) in [6, 6.07) is 26.5. The summed E-state index contributed by atoms with van der Waals surface area (Å²) in [7, 11) is 41.9. The number of aromatic hydroxyl groups is 6. The molecule has 29 heteroatoms. The maximum Gasteiger partial charge on any atom is 0.162 e. The average Bonchev–Trinajstić information content (AvgIpc) is 0.670. The monoisotopic (exact) mass is 2060 g/mol. The lowest BCUT2D eigenvalue weighted by atomic mass is 9.50. The summed E-state index contributed by atoms with van der Waals surface area (Å²) in [6.07, 6.45) is 29.2. The minimum atomic E-state index is -0.600. The van der Waals surface area contributed by atoms with Crippen molar-refractivity contribution < 1.29 is 111 Å². The molecule has 6 saturated heterocycles. The number of benzene rings is 6. The molecule has 12 aliphatic carbocycles. The molecular weight excluding hydrogens is 1890 g/mol. The maximum absolute atomic E-state index is 11.2. The number of likely N-dealkylation sites (N-methyl/N-ethyl adjacent to an activating group) is 6. The predicted molar refractivity (Wildman–Crippen MR) is 569 cm³/mol. The summed E-state index contributed by atoms with van der Waals surface area (Å²) in [5.74, 6) is 14.2. The smallest absolute Gasteiger partial charge is 0.162 e. The molecule has 6 aromatic carbocycles. The molecule has 6 fully saturated rings. The van der Waals surface area contributed by atoms with Gasteiger partial charge in [0, 0.05) is 162 Å². The van der Waals surface area contributed by atoms with Gasteiger partial charge in [-0.2, -0.15) is 0 Å². The molecule has 149 heavy (non-hydrogen) atoms. The van der Waals surface area contributed by atoms with Crippen LogP contribution in [-0.2, 0) is 123 Å². The Kier molecular flexibility index (Phi) is 30.1. The predicted octanol–water partition coefficient (Wildman–Crippen LogP) is 15.9. The van der Waals surface area contributed by atoms with E-state index in [0.717, 1.165) is 241 Å². The maximum atomic E-state index is 11.2. The normalized spacial score (nSPS) is 33.6. The number of fused-ring (bicyclic) bond motifs is 6. The Hall–Kier alpha value is -10.4. The molecule has 6 N–H and O–H groups in total. The number of hydrogen-bond donors (Lipinski definition) is 6. The summed E-state index contributed by atoms with van der Waals surface area (Å²) < 4.78 is 95.9. The van der Waals surface area contributed by atoms with Gasteiger partial charge in [0.1, 0.15) is 52.7 Å². The molecule has 18 aliphatic rings. The van der Waals surface area contributed by atoms with E-state index in [-0.39, 0.29) is 68.7 Å². The van der Waals surface area contributed by atoms with Gasteiger partial charge >= 0.3 is 0 Å². The molecule has 6 heterocycles. The number of piperidine rings is 6. The zero-order chi connectivity index (χ0) is 106. The minimum absolute atomic E-state index is 0.0193. The van der Waals surface area contributed by atoms with Crippen molar-refractivity contribution in [2.45, 2.75) is 228 Å². The minimum Gasteiger partial charge on any atom is -0.504 e. The molecule has 6 aliphatic heterocycles. The Morgan fingerprint density at radius 3 is 1.28 bits per heavy atom. The summed E-state index contributed by atoms with van der Waals surface area (Å²) >= 11 is 0. The van der Waals surface area contributed by atoms with Gasteiger partial charge in [0.05, 0.1) is 104 Å². The van der Waals surface area contributed by atoms with Gasteiger partial charge in [-0.05, 0) is 314 Å². The van der Waals surface area contributed by atoms with Crippen molar-refractivity contribution in [3.8, 4) is 69.0 Å². The van der Waals surface area contributed by atoms with Gasteiger partial charge in [-0.1, -0.05) is 43.3 Å². The Balaban J connectivity index is 0.000000112. The largest absolute Gasteiger partial charge is 0.504 e. The van der Waals surface area contributed by atoms with E-state index in [2.05, 4.69) is 145 Å². The lowest BCUT2D eigenvalue weighted by Crippen LogP contribution is -2.72. The highest BCUT2D eigenvalue weighted by Crippen LogP contribution is 2.68. The fourth-order valence-corrected chi connectivity index (χ4v) is 33.1. The van der Waals surface area contributed by atoms with Crippen LogP contribution in [0.4, 0.5) is 0 Å². The summed E-state index contributed by atoms with van der Waals surface area (Å²) in [5, 5.41) is 66.1. The molecule has 24 rings (SSSR count). The van der Waals surface area contributed by atoms with Crippen molar-refractivity contribution in [3.63, 3.8) is 0 Å². The number of hydrogen-bond acceptors (Lipinski definition) is 29. The van der Waals surface area contributed by atoms with Crippen LogP contribution in [-0.4, -0.2) is 323 Å². The van der Waals surface area contributed by atoms with E-state index in [4.69, 9.17) is 80.5 Å². The first-order valence-electron chi connectivity index (χ1n) is 53.6. The summed E-state index contributed by atoms with van der Waals surface area (Å²) in [6.45, 7) is 8.37. The molecule has 29 nitrogen and oxygen atoms in total. The van der Waals surface area contributed by atoms with Crippen molar-refractivity contribution in [2.75, 3.05) is 202 Å². The second-order valence-electron chi connectivity index (χ2n) is 45.3. The van der Waals surface area contributed by atoms with E-state index in [1.807, 2.05) is 36.4 Å². The van der Waals surface area contributed by atoms with Gasteiger partial charge in [-0.15, -0.1) is 0 Å². The first-order chi connectivity index (χ1) is 71.8. The number of allylic oxidation sites excluding steroid dienone is 7. The number of likely N-dealkylation sites (tertiary alicyclic amines) is 6. The van der Waals surface area contributed by atoms with Gasteiger partial charge in [-0.25, -0.2) is 0 Å². The van der Waals surface area contributed by atoms with Crippen LogP contribution in [0.5, 0.6) is 69.0 Å². The zero-order valence-corrected chi connectivity index (χ0v) is 92.2. The van der Waals surface area contributed by atoms with E-state index < -0.39 is 11.0 Å². The van der Waals surface area contributed by atoms with Crippen LogP contribution >= 0.6 is 0 Å². The molecular formula is C120H162N6O23. The number of ether oxygens (including phenoxy) is 17. The Morgan fingerprint density at radius 2 is 0.758 bits per heavy atom. The van der Waals surface area contributed by atoms with E-state index >= 15 is 0 Å². The second kappa shape index (κ2) is 41.9. The number of phenols is 6. The first-order valence-corrected chi connectivity index (χ1v) is 53.6. The average molecular weight is 2060 g/mol. The molecule has 0 aromatic heterocycles. The third kappa shape index (κ3) is 16.7. The van der Waals surface area contributed by atoms with Gasteiger partial charge in [0.25, 0.3) is 0 Å². The van der Waals surface area contributed by atoms with E-state index in [1.54, 1.807) is 121 Å². The van der Waals surface area contributed by atoms with Crippen molar-refractivity contribution >= 4 is 0 Å². The number of methoxy groups -OCH3 is 17. The molecule has 810 valence electrons. The zero-order valence-electron chi connectivity index (χ0n) is 92.2. The van der Waals surface area contributed by atoms with Gasteiger partial charge < -0.3 is 136 Å². The van der Waals surface area contributed by atoms with E-state index in [1.165, 1.54) is 27.8 Å². The van der Waals surface area contributed by atoms with Crippen LogP contribution in [0.25, 0.3) is 0 Å². The highest BCUT2D eigenvalue weighted by molar-refractivity contribution is 5.65. The molecule has 6 aromatic rings. The number of phenolic OH excluding ortho intramolecular Hbond substituents is 6. The highest BCUT2D eigenvalue weighted by Gasteiger charge is 2.69. The summed E-state index contributed by atoms with van der Waals surface area (Å²) in [4.78, 5) is 14.7. The Morgan fingerprint density at radius 1 is 0.329 bits per heavy atom. The SMILES string of the molecule is COC1=C(OC)C[C@@]23CCN(C)C(Cc4ccc(OC)c(O)c42)C3C1.COC1=CC(C)C2C3Cc4ccc(OC)c(O)c4[C@]2(CCN3C)C1.COC1=CC2(OC)C3Cc4ccc(OC)c(O)c4[C@]2(CCN3C)CC1OC.COC1=CC2C3Cc4ccc(OC)c(O)c4[C@@]2(CC1)CCN3C.COC1=CCC2C3Cc4ccc(OC)c(O)c4[C@]2(CCN3C)C1OC.COC1=C[C@@]23CCN(C)C(Cc4ccc(OC)c(O)c42)C3CC1OC. The van der Waals surface area contributed by atoms with E-state index in [9.17, 15) is 30.6 Å². The first kappa shape index (κ1) is 107. The topological polar surface area (TPSA) is 298 Å². The van der Waals surface area contributed by atoms with E-state index in [0.29, 0.717) is 124 Å². The standard InChI is InChI=1S/C21H29NO5.3C20H27NO4.C20H27NO3.C19H25NO3/c1-22-9-8-20-11-15(25-3)16(26-4)12-21(20,27-5)17(22)10-13-6-7-14(24-2)19(23)18(13)20;1-21-10-9-20-13(6-8-16(24-3)19(20)25-4)14(21)11-12-5-7-15(23-2)18(22)17(12)20;2*1-21-8-7-20-11-17(25-4)16(24-3)10-13(20)14(21)9-12-5-6-15(23-2)19(22)18(12)20;1-12-9-14(23-3)11-20-7-8-21(2)15(17(12)20)10-13-5-6-16(24-4)19(22)18(13)20;1-20-9-8-19-7-6-13(22-2)11-14(19)15(20)10-12-4-5-16(23-3)18(21)17(12)19/h6-7,12,15,17,23H,8-11H2,1-5H3;5,7-8,13-14,19,22H,6,9-11H2,1-4H3;5-6,13-14,22H,7-11H2,1-4H3;5-6,11,13-14,16,22H,7-10H2,1-4H3;5-6,9,12,15,17,22H,7-8,10-11H2,1-4H3;4-5,11,14-15,21H,6-10H2,1-3H3/t15?,17?,20-,21?;13?,14?,19?,20-;13?,14?,20-;13?,14?,16?,20-;12?,15?,17?,20-;14?,15?,19-/m011110/s1.